The van der Waals surface area contributed by atoms with Crippen molar-refractivity contribution in [3.63, 3.8) is 0 Å². The molecule has 1 saturated heterocycles. The number of nitrogens with zero attached hydrogens (tertiary/aromatic N) is 3. The molecule has 2 unspecified atom stereocenters. The fourth-order valence-electron chi connectivity index (χ4n) is 4.25. The number of H-pyrrole nitrogens is 1. The smallest absolute Gasteiger partial charge is 0.258 e. The first-order valence-corrected chi connectivity index (χ1v) is 9.89. The Morgan fingerprint density at radius 1 is 1.17 bits per heavy atom. The molecule has 0 spiro atoms. The van der Waals surface area contributed by atoms with Crippen LogP contribution in [-0.4, -0.2) is 43.2 Å². The van der Waals surface area contributed by atoms with Crippen LogP contribution in [0.1, 0.15) is 36.3 Å². The molecule has 2 atom stereocenters. The third-order valence-electron chi connectivity index (χ3n) is 5.67. The zero-order valence-corrected chi connectivity index (χ0v) is 16.9. The van der Waals surface area contributed by atoms with E-state index in [1.807, 2.05) is 11.0 Å². The van der Waals surface area contributed by atoms with Crippen molar-refractivity contribution < 1.29 is 14.3 Å². The number of hydrogen-bond donors (Lipinski definition) is 2. The Labute approximate surface area is 173 Å². The monoisotopic (exact) mass is 409 g/mol. The molecule has 156 valence electrons. The highest BCUT2D eigenvalue weighted by Gasteiger charge is 2.42. The van der Waals surface area contributed by atoms with E-state index < -0.39 is 17.7 Å². The minimum atomic E-state index is -1.11. The molecule has 1 fully saturated rings. The summed E-state index contributed by atoms with van der Waals surface area (Å²) in [5, 5.41) is 12.4. The molecule has 3 heterocycles. The van der Waals surface area contributed by atoms with Gasteiger partial charge in [-0.05, 0) is 25.3 Å². The molecule has 1 aromatic heterocycles. The van der Waals surface area contributed by atoms with Gasteiger partial charge in [0.15, 0.2) is 11.5 Å². The van der Waals surface area contributed by atoms with Gasteiger partial charge >= 0.3 is 0 Å². The number of nitrogens with one attached hydrogen (secondary N) is 2. The molecule has 1 aromatic carbocycles. The zero-order valence-electron chi connectivity index (χ0n) is 16.9. The summed E-state index contributed by atoms with van der Waals surface area (Å²) in [7, 11) is 2.98. The molecule has 2 aliphatic rings. The van der Waals surface area contributed by atoms with Crippen molar-refractivity contribution in [2.24, 2.45) is 5.92 Å². The molecule has 4 rings (SSSR count). The fraction of sp³-hybridized carbons (Fsp3) is 0.429. The van der Waals surface area contributed by atoms with Gasteiger partial charge < -0.3 is 19.7 Å². The van der Waals surface area contributed by atoms with Crippen LogP contribution in [0.2, 0.25) is 0 Å². The number of methoxy groups -OCH3 is 2. The number of carbonyl (C=O) groups is 1. The van der Waals surface area contributed by atoms with E-state index in [0.717, 1.165) is 32.4 Å². The normalized spacial score (nSPS) is 20.7. The lowest BCUT2D eigenvalue weighted by molar-refractivity contribution is -0.119. The molecular weight excluding hydrogens is 386 g/mol. The summed E-state index contributed by atoms with van der Waals surface area (Å²) in [6, 6.07) is 7.23. The van der Waals surface area contributed by atoms with Crippen molar-refractivity contribution in [3.05, 3.63) is 39.7 Å². The number of amides is 1. The van der Waals surface area contributed by atoms with Crippen molar-refractivity contribution >= 4 is 17.7 Å². The van der Waals surface area contributed by atoms with Gasteiger partial charge in [0, 0.05) is 24.6 Å². The molecule has 2 aromatic rings. The lowest BCUT2D eigenvalue weighted by Crippen LogP contribution is -2.40. The van der Waals surface area contributed by atoms with Gasteiger partial charge in [0.2, 0.25) is 11.9 Å². The maximum Gasteiger partial charge on any atom is 0.258 e. The summed E-state index contributed by atoms with van der Waals surface area (Å²) in [5.41, 5.74) is 0.390. The molecule has 1 amide bonds. The quantitative estimate of drug-likeness (QED) is 0.792. The van der Waals surface area contributed by atoms with Gasteiger partial charge in [-0.15, -0.1) is 0 Å². The number of hydrogen-bond acceptors (Lipinski definition) is 7. The van der Waals surface area contributed by atoms with Gasteiger partial charge in [-0.25, -0.2) is 0 Å². The Morgan fingerprint density at radius 2 is 1.93 bits per heavy atom. The number of piperidine rings is 1. The van der Waals surface area contributed by atoms with Gasteiger partial charge in [0.1, 0.15) is 11.7 Å². The van der Waals surface area contributed by atoms with E-state index in [4.69, 9.17) is 9.47 Å². The Balaban J connectivity index is 1.89. The summed E-state index contributed by atoms with van der Waals surface area (Å²) < 4.78 is 10.9. The van der Waals surface area contributed by atoms with E-state index >= 15 is 0 Å². The number of fused-ring (bicyclic) bond motifs is 1. The van der Waals surface area contributed by atoms with E-state index in [-0.39, 0.29) is 16.9 Å². The second kappa shape index (κ2) is 8.06. The number of nitriles is 1. The number of aromatic amines is 1. The third-order valence-corrected chi connectivity index (χ3v) is 5.67. The summed E-state index contributed by atoms with van der Waals surface area (Å²) >= 11 is 0. The van der Waals surface area contributed by atoms with E-state index in [9.17, 15) is 14.9 Å². The lowest BCUT2D eigenvalue weighted by atomic mass is 9.78. The van der Waals surface area contributed by atoms with E-state index in [1.165, 1.54) is 14.2 Å². The van der Waals surface area contributed by atoms with Crippen LogP contribution in [0.25, 0.3) is 0 Å². The molecule has 0 saturated carbocycles. The second-order valence-electron chi connectivity index (χ2n) is 7.36. The maximum atomic E-state index is 13.2. The molecule has 2 aliphatic heterocycles. The standard InChI is InChI=1S/C21H23N5O4/c1-29-14-8-6-7-12(17(14)30-2)15-13(11-22)19(27)23-18-16(15)20(28)25-21(24-18)26-9-4-3-5-10-26/h6-8,13,15H,3-5,9-10H2,1-2H3,(H2,23,24,25,27,28). The minimum Gasteiger partial charge on any atom is -0.493 e. The first-order chi connectivity index (χ1) is 14.6. The zero-order chi connectivity index (χ0) is 21.3. The van der Waals surface area contributed by atoms with Crippen LogP contribution in [-0.2, 0) is 4.79 Å². The SMILES string of the molecule is COc1cccc(C2c3c(nc(N4CCCCC4)[nH]c3=O)NC(=O)C2C#N)c1OC. The maximum absolute atomic E-state index is 13.2. The first kappa shape index (κ1) is 19.8. The first-order valence-electron chi connectivity index (χ1n) is 9.89. The van der Waals surface area contributed by atoms with Gasteiger partial charge in [-0.3, -0.25) is 14.6 Å². The van der Waals surface area contributed by atoms with E-state index in [1.54, 1.807) is 18.2 Å². The van der Waals surface area contributed by atoms with Crippen LogP contribution < -0.4 is 25.2 Å². The Bertz CT molecular complexity index is 1070. The third kappa shape index (κ3) is 3.24. The number of ether oxygens (including phenoxy) is 2. The fourth-order valence-corrected chi connectivity index (χ4v) is 4.25. The van der Waals surface area contributed by atoms with E-state index in [0.29, 0.717) is 23.0 Å². The van der Waals surface area contributed by atoms with Crippen LogP contribution in [0, 0.1) is 17.2 Å². The molecule has 0 radical (unpaired) electrons. The molecule has 0 aliphatic carbocycles. The predicted molar refractivity (Wildman–Crippen MR) is 110 cm³/mol. The second-order valence-corrected chi connectivity index (χ2v) is 7.36. The highest BCUT2D eigenvalue weighted by atomic mass is 16.5. The molecule has 0 bridgehead atoms. The number of aromatic nitrogens is 2. The summed E-state index contributed by atoms with van der Waals surface area (Å²) in [5.74, 6) is -0.990. The number of rotatable bonds is 4. The number of carbonyl (C=O) groups excluding carboxylic acids is 1. The van der Waals surface area contributed by atoms with Gasteiger partial charge in [0.25, 0.3) is 5.56 Å². The number of benzene rings is 1. The van der Waals surface area contributed by atoms with Crippen LogP contribution in [0.15, 0.2) is 23.0 Å². The average Bonchev–Trinajstić information content (AvgIpc) is 2.77. The van der Waals surface area contributed by atoms with Gasteiger partial charge in [0.05, 0.1) is 25.9 Å². The minimum absolute atomic E-state index is 0.186. The highest BCUT2D eigenvalue weighted by molar-refractivity contribution is 5.98. The van der Waals surface area contributed by atoms with Crippen LogP contribution in [0.4, 0.5) is 11.8 Å². The van der Waals surface area contributed by atoms with E-state index in [2.05, 4.69) is 15.3 Å². The average molecular weight is 409 g/mol. The van der Waals surface area contributed by atoms with Gasteiger partial charge in [-0.1, -0.05) is 12.1 Å². The largest absolute Gasteiger partial charge is 0.493 e. The lowest BCUT2D eigenvalue weighted by Gasteiger charge is -2.32. The van der Waals surface area contributed by atoms with Crippen molar-refractivity contribution in [1.82, 2.24) is 9.97 Å². The Hall–Kier alpha value is -3.54. The van der Waals surface area contributed by atoms with Crippen LogP contribution in [0.3, 0.4) is 0 Å². The van der Waals surface area contributed by atoms with Crippen LogP contribution in [0.5, 0.6) is 11.5 Å². The molecular formula is C21H23N5O4. The number of anilines is 2. The van der Waals surface area contributed by atoms with Crippen molar-refractivity contribution in [3.8, 4) is 17.6 Å². The van der Waals surface area contributed by atoms with Crippen LogP contribution >= 0.6 is 0 Å². The summed E-state index contributed by atoms with van der Waals surface area (Å²) in [4.78, 5) is 35.3. The molecule has 9 nitrogen and oxygen atoms in total. The number of para-hydroxylation sites is 1. The highest BCUT2D eigenvalue weighted by Crippen LogP contribution is 2.44. The Morgan fingerprint density at radius 3 is 2.60 bits per heavy atom. The molecule has 9 heteroatoms. The van der Waals surface area contributed by atoms with Gasteiger partial charge in [-0.2, -0.15) is 10.2 Å². The molecule has 2 N–H and O–H groups in total. The molecule has 30 heavy (non-hydrogen) atoms. The summed E-state index contributed by atoms with van der Waals surface area (Å²) in [6.07, 6.45) is 3.19. The predicted octanol–water partition coefficient (Wildman–Crippen LogP) is 2.00. The summed E-state index contributed by atoms with van der Waals surface area (Å²) in [6.45, 7) is 1.59. The van der Waals surface area contributed by atoms with Crippen molar-refractivity contribution in [2.45, 2.75) is 25.2 Å². The topological polar surface area (TPSA) is 120 Å². The Kier molecular flexibility index (Phi) is 5.31. The van der Waals surface area contributed by atoms with Crippen molar-refractivity contribution in [2.75, 3.05) is 37.5 Å². The van der Waals surface area contributed by atoms with Crippen molar-refractivity contribution in [1.29, 1.82) is 5.26 Å².